The molecule has 0 spiro atoms. The third-order valence-electron chi connectivity index (χ3n) is 5.01. The van der Waals surface area contributed by atoms with Gasteiger partial charge in [0.15, 0.2) is 0 Å². The number of halogens is 1. The van der Waals surface area contributed by atoms with E-state index in [4.69, 9.17) is 16.3 Å². The second kappa shape index (κ2) is 7.69. The maximum Gasteiger partial charge on any atom is 0.328 e. The van der Waals surface area contributed by atoms with E-state index in [9.17, 15) is 9.59 Å². The van der Waals surface area contributed by atoms with Crippen molar-refractivity contribution >= 4 is 45.6 Å². The number of pyridine rings is 1. The Morgan fingerprint density at radius 1 is 1.21 bits per heavy atom. The average molecular weight is 411 g/mol. The lowest BCUT2D eigenvalue weighted by Gasteiger charge is -2.09. The minimum Gasteiger partial charge on any atom is -0.383 e. The number of nitrogens with one attached hydrogen (secondary N) is 1. The van der Waals surface area contributed by atoms with Gasteiger partial charge >= 0.3 is 5.69 Å². The monoisotopic (exact) mass is 410 g/mol. The zero-order chi connectivity index (χ0) is 20.5. The Morgan fingerprint density at radius 2 is 1.97 bits per heavy atom. The van der Waals surface area contributed by atoms with Gasteiger partial charge in [0.1, 0.15) is 0 Å². The number of nitrogens with zero attached hydrogens (tertiary/aromatic N) is 3. The van der Waals surface area contributed by atoms with Crippen molar-refractivity contribution in [2.24, 2.45) is 7.05 Å². The molecule has 0 saturated carbocycles. The highest BCUT2D eigenvalue weighted by Crippen LogP contribution is 2.32. The third-order valence-corrected chi connectivity index (χ3v) is 5.32. The molecule has 0 atom stereocenters. The lowest BCUT2D eigenvalue weighted by Crippen LogP contribution is -2.23. The molecule has 4 aromatic rings. The largest absolute Gasteiger partial charge is 0.383 e. The molecule has 2 aromatic heterocycles. The Morgan fingerprint density at radius 3 is 2.69 bits per heavy atom. The van der Waals surface area contributed by atoms with Crippen LogP contribution in [0.1, 0.15) is 0 Å². The second-order valence-electron chi connectivity index (χ2n) is 6.67. The molecule has 29 heavy (non-hydrogen) atoms. The van der Waals surface area contributed by atoms with Crippen LogP contribution in [-0.2, 0) is 23.1 Å². The first kappa shape index (κ1) is 19.2. The van der Waals surface area contributed by atoms with Gasteiger partial charge in [-0.05, 0) is 35.4 Å². The number of aryl methyl sites for hydroxylation is 1. The van der Waals surface area contributed by atoms with Gasteiger partial charge < -0.3 is 10.1 Å². The van der Waals surface area contributed by atoms with E-state index in [-0.39, 0.29) is 5.69 Å². The number of benzene rings is 2. The standard InChI is InChI=1S/C21H19ClN4O3/c1-25-19-11-23-17-5-3-13(14-4-6-18(24-12-27)16(22)10-14)9-15(17)20(19)26(21(25)28)7-8-29-2/h3-6,9-12H,7-8H2,1-2H3,(H,24,27). The van der Waals surface area contributed by atoms with Gasteiger partial charge in [-0.1, -0.05) is 23.7 Å². The maximum absolute atomic E-state index is 12.7. The summed E-state index contributed by atoms with van der Waals surface area (Å²) in [6.07, 6.45) is 2.31. The Hall–Kier alpha value is -3.16. The molecule has 0 aliphatic carbocycles. The van der Waals surface area contributed by atoms with Gasteiger partial charge in [0.05, 0.1) is 46.6 Å². The number of fused-ring (bicyclic) bond motifs is 3. The lowest BCUT2D eigenvalue weighted by molar-refractivity contribution is -0.105. The predicted octanol–water partition coefficient (Wildman–Crippen LogP) is 3.42. The van der Waals surface area contributed by atoms with Crippen molar-refractivity contribution in [3.05, 3.63) is 58.1 Å². The van der Waals surface area contributed by atoms with Crippen LogP contribution in [0.25, 0.3) is 33.1 Å². The van der Waals surface area contributed by atoms with Gasteiger partial charge in [-0.2, -0.15) is 0 Å². The summed E-state index contributed by atoms with van der Waals surface area (Å²) in [7, 11) is 3.35. The van der Waals surface area contributed by atoms with Gasteiger partial charge in [-0.25, -0.2) is 4.79 Å². The zero-order valence-corrected chi connectivity index (χ0v) is 16.7. The number of hydrogen-bond donors (Lipinski definition) is 1. The molecule has 148 valence electrons. The molecule has 0 saturated heterocycles. The van der Waals surface area contributed by atoms with Gasteiger partial charge in [-0.3, -0.25) is 18.9 Å². The summed E-state index contributed by atoms with van der Waals surface area (Å²) in [5.41, 5.74) is 4.65. The molecule has 0 aliphatic rings. The fourth-order valence-corrected chi connectivity index (χ4v) is 3.76. The van der Waals surface area contributed by atoms with Crippen LogP contribution < -0.4 is 11.0 Å². The number of rotatable bonds is 6. The molecule has 0 fully saturated rings. The van der Waals surface area contributed by atoms with Crippen LogP contribution in [-0.4, -0.2) is 34.2 Å². The number of hydrogen-bond acceptors (Lipinski definition) is 4. The molecule has 0 radical (unpaired) electrons. The number of imidazole rings is 1. The van der Waals surface area contributed by atoms with Crippen LogP contribution in [0.5, 0.6) is 0 Å². The van der Waals surface area contributed by atoms with E-state index in [2.05, 4.69) is 10.3 Å². The molecule has 1 N–H and O–H groups in total. The van der Waals surface area contributed by atoms with Crippen molar-refractivity contribution in [1.82, 2.24) is 14.1 Å². The van der Waals surface area contributed by atoms with E-state index in [0.29, 0.717) is 30.3 Å². The van der Waals surface area contributed by atoms with E-state index in [1.54, 1.807) is 41.6 Å². The molecule has 4 rings (SSSR count). The first-order valence-electron chi connectivity index (χ1n) is 9.02. The Bertz CT molecular complexity index is 1290. The number of carbonyl (C=O) groups is 1. The molecule has 8 heteroatoms. The summed E-state index contributed by atoms with van der Waals surface area (Å²) in [6, 6.07) is 11.3. The minimum absolute atomic E-state index is 0.107. The van der Waals surface area contributed by atoms with Crippen molar-refractivity contribution < 1.29 is 9.53 Å². The van der Waals surface area contributed by atoms with E-state index >= 15 is 0 Å². The molecule has 0 aliphatic heterocycles. The van der Waals surface area contributed by atoms with Crippen molar-refractivity contribution in [3.63, 3.8) is 0 Å². The van der Waals surface area contributed by atoms with Crippen LogP contribution in [0.3, 0.4) is 0 Å². The Kier molecular flexibility index (Phi) is 5.08. The molecular formula is C21H19ClN4O3. The van der Waals surface area contributed by atoms with Crippen molar-refractivity contribution in [2.75, 3.05) is 19.0 Å². The topological polar surface area (TPSA) is 78.2 Å². The molecule has 2 heterocycles. The SMILES string of the molecule is COCCn1c(=O)n(C)c2cnc3ccc(-c4ccc(NC=O)c(Cl)c4)cc3c21. The van der Waals surface area contributed by atoms with Crippen LogP contribution in [0.15, 0.2) is 47.4 Å². The second-order valence-corrected chi connectivity index (χ2v) is 7.07. The number of anilines is 1. The van der Waals surface area contributed by atoms with Gasteiger partial charge in [0, 0.05) is 19.5 Å². The molecule has 0 unspecified atom stereocenters. The van der Waals surface area contributed by atoms with Crippen molar-refractivity contribution in [2.45, 2.75) is 6.54 Å². The van der Waals surface area contributed by atoms with E-state index in [0.717, 1.165) is 33.1 Å². The molecule has 0 bridgehead atoms. The average Bonchev–Trinajstić information content (AvgIpc) is 2.98. The van der Waals surface area contributed by atoms with E-state index < -0.39 is 0 Å². The van der Waals surface area contributed by atoms with Crippen LogP contribution in [0.2, 0.25) is 5.02 Å². The number of ether oxygens (including phenoxy) is 1. The number of carbonyl (C=O) groups excluding carboxylic acids is 1. The molecule has 7 nitrogen and oxygen atoms in total. The fraction of sp³-hybridized carbons (Fsp3) is 0.190. The summed E-state index contributed by atoms with van der Waals surface area (Å²) in [5, 5.41) is 3.89. The quantitative estimate of drug-likeness (QED) is 0.494. The number of methoxy groups -OCH3 is 1. The summed E-state index contributed by atoms with van der Waals surface area (Å²) in [4.78, 5) is 27.9. The van der Waals surface area contributed by atoms with Crippen LogP contribution in [0, 0.1) is 0 Å². The van der Waals surface area contributed by atoms with Gasteiger partial charge in [-0.15, -0.1) is 0 Å². The molecule has 2 aromatic carbocycles. The van der Waals surface area contributed by atoms with Gasteiger partial charge in [0.25, 0.3) is 0 Å². The summed E-state index contributed by atoms with van der Waals surface area (Å²) < 4.78 is 8.50. The molecular weight excluding hydrogens is 392 g/mol. The summed E-state index contributed by atoms with van der Waals surface area (Å²) in [6.45, 7) is 0.886. The Labute approximate surface area is 171 Å². The number of aromatic nitrogens is 3. The Balaban J connectivity index is 1.94. The normalized spacial score (nSPS) is 11.3. The highest BCUT2D eigenvalue weighted by molar-refractivity contribution is 6.33. The highest BCUT2D eigenvalue weighted by Gasteiger charge is 2.15. The fourth-order valence-electron chi connectivity index (χ4n) is 3.52. The van der Waals surface area contributed by atoms with Crippen LogP contribution in [0.4, 0.5) is 5.69 Å². The number of amides is 1. The first-order chi connectivity index (χ1) is 14.0. The van der Waals surface area contributed by atoms with E-state index in [1.165, 1.54) is 0 Å². The van der Waals surface area contributed by atoms with Crippen molar-refractivity contribution in [3.8, 4) is 11.1 Å². The first-order valence-corrected chi connectivity index (χ1v) is 9.40. The van der Waals surface area contributed by atoms with Gasteiger partial charge in [0.2, 0.25) is 6.41 Å². The third kappa shape index (κ3) is 3.28. The summed E-state index contributed by atoms with van der Waals surface area (Å²) in [5.74, 6) is 0. The maximum atomic E-state index is 12.7. The van der Waals surface area contributed by atoms with E-state index in [1.807, 2.05) is 24.3 Å². The minimum atomic E-state index is -0.107. The van der Waals surface area contributed by atoms with Crippen molar-refractivity contribution in [1.29, 1.82) is 0 Å². The zero-order valence-electron chi connectivity index (χ0n) is 16.0. The summed E-state index contributed by atoms with van der Waals surface area (Å²) >= 11 is 6.28. The van der Waals surface area contributed by atoms with Crippen LogP contribution >= 0.6 is 11.6 Å². The highest BCUT2D eigenvalue weighted by atomic mass is 35.5. The molecule has 1 amide bonds. The smallest absolute Gasteiger partial charge is 0.328 e. The lowest BCUT2D eigenvalue weighted by atomic mass is 10.0. The predicted molar refractivity (Wildman–Crippen MR) is 114 cm³/mol.